The van der Waals surface area contributed by atoms with E-state index in [9.17, 15) is 4.79 Å². The van der Waals surface area contributed by atoms with Crippen molar-refractivity contribution in [2.45, 2.75) is 39.4 Å². The van der Waals surface area contributed by atoms with Crippen LogP contribution in [-0.4, -0.2) is 40.0 Å². The molecule has 0 aliphatic carbocycles. The summed E-state index contributed by atoms with van der Waals surface area (Å²) in [5.41, 5.74) is 2.89. The third-order valence-electron chi connectivity index (χ3n) is 5.24. The quantitative estimate of drug-likeness (QED) is 0.587. The SMILES string of the molecule is CCn1c(CN(C)[C@@H](C)C(=O)N(CCC#N)c2ccccc2)nc2ccccc21. The van der Waals surface area contributed by atoms with E-state index in [0.29, 0.717) is 19.5 Å². The van der Waals surface area contributed by atoms with Gasteiger partial charge in [-0.25, -0.2) is 4.98 Å². The molecule has 0 fully saturated rings. The number of benzene rings is 2. The van der Waals surface area contributed by atoms with Gasteiger partial charge in [0.15, 0.2) is 0 Å². The molecule has 29 heavy (non-hydrogen) atoms. The van der Waals surface area contributed by atoms with Crippen molar-refractivity contribution in [3.63, 3.8) is 0 Å². The zero-order valence-electron chi connectivity index (χ0n) is 17.2. The van der Waals surface area contributed by atoms with E-state index < -0.39 is 0 Å². The Hall–Kier alpha value is -3.17. The van der Waals surface area contributed by atoms with E-state index in [1.54, 1.807) is 4.90 Å². The molecule has 0 aliphatic rings. The molecule has 0 spiro atoms. The van der Waals surface area contributed by atoms with Crippen molar-refractivity contribution >= 4 is 22.6 Å². The van der Waals surface area contributed by atoms with Crippen LogP contribution in [0.2, 0.25) is 0 Å². The zero-order chi connectivity index (χ0) is 20.8. The Morgan fingerprint density at radius 2 is 1.86 bits per heavy atom. The Balaban J connectivity index is 1.80. The second-order valence-corrected chi connectivity index (χ2v) is 7.09. The zero-order valence-corrected chi connectivity index (χ0v) is 17.2. The molecule has 3 aromatic rings. The molecule has 0 unspecified atom stereocenters. The highest BCUT2D eigenvalue weighted by molar-refractivity contribution is 5.96. The molecule has 0 bridgehead atoms. The van der Waals surface area contributed by atoms with Crippen LogP contribution >= 0.6 is 0 Å². The number of rotatable bonds is 8. The van der Waals surface area contributed by atoms with Crippen LogP contribution in [-0.2, 0) is 17.9 Å². The van der Waals surface area contributed by atoms with Crippen LogP contribution in [0, 0.1) is 11.3 Å². The lowest BCUT2D eigenvalue weighted by molar-refractivity contribution is -0.123. The number of anilines is 1. The van der Waals surface area contributed by atoms with Crippen molar-refractivity contribution < 1.29 is 4.79 Å². The normalized spacial score (nSPS) is 12.1. The van der Waals surface area contributed by atoms with Crippen molar-refractivity contribution in [1.29, 1.82) is 5.26 Å². The van der Waals surface area contributed by atoms with Crippen molar-refractivity contribution in [2.75, 3.05) is 18.5 Å². The highest BCUT2D eigenvalue weighted by Gasteiger charge is 2.26. The summed E-state index contributed by atoms with van der Waals surface area (Å²) in [4.78, 5) is 21.7. The standard InChI is InChI=1S/C23H27N5O/c1-4-27-21-14-9-8-13-20(21)25-22(27)17-26(3)18(2)23(29)28(16-10-15-24)19-11-6-5-7-12-19/h5-9,11-14,18H,4,10,16-17H2,1-3H3/t18-/m0/s1. The van der Waals surface area contributed by atoms with Crippen molar-refractivity contribution in [3.05, 3.63) is 60.4 Å². The largest absolute Gasteiger partial charge is 0.327 e. The van der Waals surface area contributed by atoms with E-state index >= 15 is 0 Å². The highest BCUT2D eigenvalue weighted by Crippen LogP contribution is 2.20. The van der Waals surface area contributed by atoms with E-state index in [-0.39, 0.29) is 11.9 Å². The molecule has 2 aromatic carbocycles. The summed E-state index contributed by atoms with van der Waals surface area (Å²) >= 11 is 0. The maximum absolute atomic E-state index is 13.3. The van der Waals surface area contributed by atoms with Crippen LogP contribution in [0.1, 0.15) is 26.1 Å². The van der Waals surface area contributed by atoms with Gasteiger partial charge in [0.1, 0.15) is 5.82 Å². The van der Waals surface area contributed by atoms with Crippen LogP contribution in [0.15, 0.2) is 54.6 Å². The molecule has 1 aromatic heterocycles. The number of carbonyl (C=O) groups excluding carboxylic acids is 1. The minimum absolute atomic E-state index is 0.0203. The van der Waals surface area contributed by atoms with Crippen molar-refractivity contribution in [2.24, 2.45) is 0 Å². The molecule has 6 nitrogen and oxygen atoms in total. The number of carbonyl (C=O) groups is 1. The van der Waals surface area contributed by atoms with Gasteiger partial charge in [-0.1, -0.05) is 30.3 Å². The van der Waals surface area contributed by atoms with Crippen LogP contribution < -0.4 is 4.90 Å². The topological polar surface area (TPSA) is 65.2 Å². The van der Waals surface area contributed by atoms with E-state index in [1.165, 1.54) is 0 Å². The summed E-state index contributed by atoms with van der Waals surface area (Å²) in [6.07, 6.45) is 0.294. The number of amides is 1. The second kappa shape index (κ2) is 9.35. The molecule has 0 saturated heterocycles. The van der Waals surface area contributed by atoms with Crippen molar-refractivity contribution in [1.82, 2.24) is 14.5 Å². The predicted molar refractivity (Wildman–Crippen MR) is 115 cm³/mol. The first kappa shape index (κ1) is 20.6. The molecule has 1 atom stereocenters. The summed E-state index contributed by atoms with van der Waals surface area (Å²) in [7, 11) is 1.94. The van der Waals surface area contributed by atoms with Crippen molar-refractivity contribution in [3.8, 4) is 6.07 Å². The maximum Gasteiger partial charge on any atom is 0.244 e. The van der Waals surface area contributed by atoms with Gasteiger partial charge >= 0.3 is 0 Å². The molecule has 6 heteroatoms. The fraction of sp³-hybridized carbons (Fsp3) is 0.348. The molecule has 3 rings (SSSR count). The molecule has 0 radical (unpaired) electrons. The molecule has 0 N–H and O–H groups in total. The van der Waals surface area contributed by atoms with E-state index in [0.717, 1.165) is 29.1 Å². The third kappa shape index (κ3) is 4.47. The smallest absolute Gasteiger partial charge is 0.244 e. The minimum atomic E-state index is -0.348. The summed E-state index contributed by atoms with van der Waals surface area (Å²) in [6, 6.07) is 19.4. The Morgan fingerprint density at radius 1 is 1.17 bits per heavy atom. The molecular weight excluding hydrogens is 362 g/mol. The number of hydrogen-bond acceptors (Lipinski definition) is 4. The fourth-order valence-corrected chi connectivity index (χ4v) is 3.51. The molecular formula is C23H27N5O. The summed E-state index contributed by atoms with van der Waals surface area (Å²) < 4.78 is 2.19. The molecule has 1 heterocycles. The van der Waals surface area contributed by atoms with Crippen LogP contribution in [0.5, 0.6) is 0 Å². The first-order valence-electron chi connectivity index (χ1n) is 9.94. The van der Waals surface area contributed by atoms with Gasteiger partial charge in [-0.2, -0.15) is 5.26 Å². The monoisotopic (exact) mass is 389 g/mol. The van der Waals surface area contributed by atoms with Crippen LogP contribution in [0.3, 0.4) is 0 Å². The number of nitrogens with zero attached hydrogens (tertiary/aromatic N) is 5. The Morgan fingerprint density at radius 3 is 2.55 bits per heavy atom. The van der Waals surface area contributed by atoms with Gasteiger partial charge in [-0.3, -0.25) is 9.69 Å². The molecule has 1 amide bonds. The lowest BCUT2D eigenvalue weighted by Gasteiger charge is -2.30. The van der Waals surface area contributed by atoms with E-state index in [2.05, 4.69) is 23.6 Å². The first-order chi connectivity index (χ1) is 14.1. The first-order valence-corrected chi connectivity index (χ1v) is 9.94. The molecule has 0 aliphatic heterocycles. The van der Waals surface area contributed by atoms with Crippen LogP contribution in [0.4, 0.5) is 5.69 Å². The maximum atomic E-state index is 13.3. The summed E-state index contributed by atoms with van der Waals surface area (Å²) in [6.45, 7) is 5.78. The highest BCUT2D eigenvalue weighted by atomic mass is 16.2. The van der Waals surface area contributed by atoms with Gasteiger partial charge in [-0.15, -0.1) is 0 Å². The van der Waals surface area contributed by atoms with Crippen LogP contribution in [0.25, 0.3) is 11.0 Å². The Bertz CT molecular complexity index is 1010. The second-order valence-electron chi connectivity index (χ2n) is 7.09. The van der Waals surface area contributed by atoms with E-state index in [1.807, 2.05) is 67.4 Å². The number of aryl methyl sites for hydroxylation is 1. The van der Waals surface area contributed by atoms with Gasteiger partial charge in [-0.05, 0) is 45.2 Å². The minimum Gasteiger partial charge on any atom is -0.327 e. The molecule has 0 saturated carbocycles. The number of hydrogen-bond donors (Lipinski definition) is 0. The van der Waals surface area contributed by atoms with Gasteiger partial charge in [0, 0.05) is 18.8 Å². The van der Waals surface area contributed by atoms with Gasteiger partial charge < -0.3 is 9.47 Å². The lowest BCUT2D eigenvalue weighted by atomic mass is 10.2. The summed E-state index contributed by atoms with van der Waals surface area (Å²) in [5, 5.41) is 9.00. The molecule has 150 valence electrons. The third-order valence-corrected chi connectivity index (χ3v) is 5.24. The Labute approximate surface area is 172 Å². The number of imidazole rings is 1. The summed E-state index contributed by atoms with van der Waals surface area (Å²) in [5.74, 6) is 0.923. The number of aromatic nitrogens is 2. The Kier molecular flexibility index (Phi) is 6.63. The van der Waals surface area contributed by atoms with Gasteiger partial charge in [0.2, 0.25) is 5.91 Å². The lowest BCUT2D eigenvalue weighted by Crippen LogP contribution is -2.46. The van der Waals surface area contributed by atoms with Gasteiger partial charge in [0.05, 0.1) is 36.1 Å². The van der Waals surface area contributed by atoms with Gasteiger partial charge in [0.25, 0.3) is 0 Å². The predicted octanol–water partition coefficient (Wildman–Crippen LogP) is 3.82. The van der Waals surface area contributed by atoms with E-state index in [4.69, 9.17) is 10.2 Å². The number of likely N-dealkylation sites (N-methyl/N-ethyl adjacent to an activating group) is 1. The average molecular weight is 390 g/mol. The fourth-order valence-electron chi connectivity index (χ4n) is 3.51. The number of nitriles is 1. The average Bonchev–Trinajstić information content (AvgIpc) is 3.10. The number of fused-ring (bicyclic) bond motifs is 1. The number of para-hydroxylation sites is 3.